The molecule has 172 valence electrons. The van der Waals surface area contributed by atoms with E-state index in [9.17, 15) is 0 Å². The van der Waals surface area contributed by atoms with E-state index in [1.807, 2.05) is 12.1 Å². The average molecular weight is 433 g/mol. The molecule has 0 aliphatic heterocycles. The van der Waals surface area contributed by atoms with E-state index < -0.39 is 0 Å². The standard InChI is InChI=1S/C31H41F/c1-3-5-7-9-23-10-13-25(14-11-23)28-18-19-30(31(32)22-28)29-17-16-26-20-24(8-6-4-2)12-15-27(26)21-29/h4,12,15,18-20,22-23,25,29H,2-3,5-11,13-14,16-17,21H2,1H3. The molecule has 2 aromatic carbocycles. The van der Waals surface area contributed by atoms with Crippen LogP contribution in [0.1, 0.15) is 111 Å². The Morgan fingerprint density at radius 1 is 0.938 bits per heavy atom. The largest absolute Gasteiger partial charge is 0.207 e. The number of benzene rings is 2. The summed E-state index contributed by atoms with van der Waals surface area (Å²) in [5.74, 6) is 1.80. The van der Waals surface area contributed by atoms with Gasteiger partial charge in [-0.15, -0.1) is 6.58 Å². The Balaban J connectivity index is 1.36. The van der Waals surface area contributed by atoms with Gasteiger partial charge in [0.25, 0.3) is 0 Å². The van der Waals surface area contributed by atoms with Crippen molar-refractivity contribution < 1.29 is 4.39 Å². The maximum atomic E-state index is 15.2. The van der Waals surface area contributed by atoms with Crippen molar-refractivity contribution >= 4 is 0 Å². The SMILES string of the molecule is C=CCCc1ccc2c(c1)CCC(c1ccc(C3CCC(CCCCC)CC3)cc1F)C2. The molecule has 2 aliphatic carbocycles. The zero-order valence-electron chi connectivity index (χ0n) is 20.1. The third-order valence-corrected chi connectivity index (χ3v) is 8.13. The second-order valence-electron chi connectivity index (χ2n) is 10.4. The first-order valence-corrected chi connectivity index (χ1v) is 13.2. The van der Waals surface area contributed by atoms with E-state index in [0.717, 1.165) is 43.6 Å². The molecule has 2 aromatic rings. The predicted octanol–water partition coefficient (Wildman–Crippen LogP) is 9.07. The minimum Gasteiger partial charge on any atom is -0.207 e. The van der Waals surface area contributed by atoms with Crippen LogP contribution in [0, 0.1) is 11.7 Å². The Morgan fingerprint density at radius 2 is 1.78 bits per heavy atom. The van der Waals surface area contributed by atoms with Crippen LogP contribution in [-0.2, 0) is 19.3 Å². The fourth-order valence-electron chi connectivity index (χ4n) is 6.09. The lowest BCUT2D eigenvalue weighted by molar-refractivity contribution is 0.302. The van der Waals surface area contributed by atoms with E-state index in [0.29, 0.717) is 11.8 Å². The zero-order valence-corrected chi connectivity index (χ0v) is 20.1. The van der Waals surface area contributed by atoms with Crippen LogP contribution in [0.4, 0.5) is 4.39 Å². The Bertz CT molecular complexity index is 887. The van der Waals surface area contributed by atoms with Crippen LogP contribution >= 0.6 is 0 Å². The molecule has 0 spiro atoms. The van der Waals surface area contributed by atoms with Crippen molar-refractivity contribution in [2.24, 2.45) is 5.92 Å². The molecule has 0 amide bonds. The highest BCUT2D eigenvalue weighted by Gasteiger charge is 2.26. The number of allylic oxidation sites excluding steroid dienone is 1. The van der Waals surface area contributed by atoms with Gasteiger partial charge in [-0.3, -0.25) is 0 Å². The maximum absolute atomic E-state index is 15.2. The molecule has 0 bridgehead atoms. The minimum absolute atomic E-state index is 0.0311. The highest BCUT2D eigenvalue weighted by atomic mass is 19.1. The predicted molar refractivity (Wildman–Crippen MR) is 135 cm³/mol. The van der Waals surface area contributed by atoms with Gasteiger partial charge >= 0.3 is 0 Å². The number of halogens is 1. The van der Waals surface area contributed by atoms with Crippen LogP contribution in [0.3, 0.4) is 0 Å². The maximum Gasteiger partial charge on any atom is 0.126 e. The van der Waals surface area contributed by atoms with Gasteiger partial charge in [-0.1, -0.05) is 69.0 Å². The normalized spacial score (nSPS) is 23.0. The van der Waals surface area contributed by atoms with Crippen molar-refractivity contribution in [2.75, 3.05) is 0 Å². The quantitative estimate of drug-likeness (QED) is 0.274. The number of unbranched alkanes of at least 4 members (excludes halogenated alkanes) is 2. The van der Waals surface area contributed by atoms with Gasteiger partial charge in [-0.2, -0.15) is 0 Å². The van der Waals surface area contributed by atoms with Gasteiger partial charge in [-0.25, -0.2) is 4.39 Å². The van der Waals surface area contributed by atoms with Crippen LogP contribution in [0.5, 0.6) is 0 Å². The summed E-state index contributed by atoms with van der Waals surface area (Å²) in [5, 5.41) is 0. The van der Waals surface area contributed by atoms with Gasteiger partial charge < -0.3 is 0 Å². The summed E-state index contributed by atoms with van der Waals surface area (Å²) in [6, 6.07) is 13.1. The van der Waals surface area contributed by atoms with Gasteiger partial charge in [-0.05, 0) is 109 Å². The first-order valence-electron chi connectivity index (χ1n) is 13.2. The van der Waals surface area contributed by atoms with Crippen LogP contribution in [0.25, 0.3) is 0 Å². The lowest BCUT2D eigenvalue weighted by atomic mass is 9.76. The van der Waals surface area contributed by atoms with E-state index in [4.69, 9.17) is 0 Å². The van der Waals surface area contributed by atoms with Gasteiger partial charge in [0.15, 0.2) is 0 Å². The summed E-state index contributed by atoms with van der Waals surface area (Å²) in [4.78, 5) is 0. The number of fused-ring (bicyclic) bond motifs is 1. The summed E-state index contributed by atoms with van der Waals surface area (Å²) < 4.78 is 15.2. The van der Waals surface area contributed by atoms with Gasteiger partial charge in [0, 0.05) is 0 Å². The van der Waals surface area contributed by atoms with E-state index in [2.05, 4.69) is 43.8 Å². The first-order chi connectivity index (χ1) is 15.7. The van der Waals surface area contributed by atoms with Crippen molar-refractivity contribution in [3.63, 3.8) is 0 Å². The molecule has 0 saturated heterocycles. The zero-order chi connectivity index (χ0) is 22.3. The van der Waals surface area contributed by atoms with E-state index in [1.165, 1.54) is 73.6 Å². The molecule has 0 N–H and O–H groups in total. The third kappa shape index (κ3) is 5.72. The molecular weight excluding hydrogens is 391 g/mol. The lowest BCUT2D eigenvalue weighted by Crippen LogP contribution is -2.16. The van der Waals surface area contributed by atoms with Gasteiger partial charge in [0.1, 0.15) is 5.82 Å². The fraction of sp³-hybridized carbons (Fsp3) is 0.548. The Hall–Kier alpha value is -1.89. The van der Waals surface area contributed by atoms with Crippen molar-refractivity contribution in [1.82, 2.24) is 0 Å². The van der Waals surface area contributed by atoms with Crippen molar-refractivity contribution in [1.29, 1.82) is 0 Å². The smallest absolute Gasteiger partial charge is 0.126 e. The molecule has 1 fully saturated rings. The molecule has 2 aliphatic rings. The average Bonchev–Trinajstić information content (AvgIpc) is 2.83. The highest BCUT2D eigenvalue weighted by molar-refractivity contribution is 5.38. The van der Waals surface area contributed by atoms with Gasteiger partial charge in [0.05, 0.1) is 0 Å². The number of hydrogen-bond acceptors (Lipinski definition) is 0. The molecule has 0 nitrogen and oxygen atoms in total. The van der Waals surface area contributed by atoms with E-state index in [1.54, 1.807) is 0 Å². The van der Waals surface area contributed by atoms with E-state index >= 15 is 4.39 Å². The third-order valence-electron chi connectivity index (χ3n) is 8.13. The second kappa shape index (κ2) is 11.3. The molecule has 1 saturated carbocycles. The van der Waals surface area contributed by atoms with Crippen molar-refractivity contribution in [3.8, 4) is 0 Å². The Morgan fingerprint density at radius 3 is 2.53 bits per heavy atom. The fourth-order valence-corrected chi connectivity index (χ4v) is 6.09. The summed E-state index contributed by atoms with van der Waals surface area (Å²) in [5.41, 5.74) is 6.45. The van der Waals surface area contributed by atoms with Crippen molar-refractivity contribution in [2.45, 2.75) is 102 Å². The molecular formula is C31H41F. The first kappa shape index (κ1) is 23.3. The van der Waals surface area contributed by atoms with E-state index in [-0.39, 0.29) is 5.82 Å². The van der Waals surface area contributed by atoms with Gasteiger partial charge in [0.2, 0.25) is 0 Å². The molecule has 1 heteroatoms. The number of hydrogen-bond donors (Lipinski definition) is 0. The van der Waals surface area contributed by atoms with Crippen LogP contribution in [-0.4, -0.2) is 0 Å². The molecule has 4 rings (SSSR count). The number of rotatable bonds is 9. The highest BCUT2D eigenvalue weighted by Crippen LogP contribution is 2.40. The molecule has 1 atom stereocenters. The summed E-state index contributed by atoms with van der Waals surface area (Å²) >= 11 is 0. The molecule has 32 heavy (non-hydrogen) atoms. The second-order valence-corrected chi connectivity index (χ2v) is 10.4. The summed E-state index contributed by atoms with van der Waals surface area (Å²) in [6.45, 7) is 6.11. The Kier molecular flexibility index (Phi) is 8.22. The molecule has 1 unspecified atom stereocenters. The number of aryl methyl sites for hydroxylation is 2. The summed E-state index contributed by atoms with van der Waals surface area (Å²) in [7, 11) is 0. The molecule has 0 heterocycles. The lowest BCUT2D eigenvalue weighted by Gasteiger charge is -2.30. The molecule has 0 aromatic heterocycles. The topological polar surface area (TPSA) is 0 Å². The van der Waals surface area contributed by atoms with Crippen LogP contribution in [0.15, 0.2) is 49.1 Å². The minimum atomic E-state index is 0.0311. The monoisotopic (exact) mass is 432 g/mol. The Labute approximate surface area is 195 Å². The van der Waals surface area contributed by atoms with Crippen LogP contribution < -0.4 is 0 Å². The van der Waals surface area contributed by atoms with Crippen LogP contribution in [0.2, 0.25) is 0 Å². The molecule has 0 radical (unpaired) electrons. The summed E-state index contributed by atoms with van der Waals surface area (Å²) in [6.07, 6.45) is 17.7. The van der Waals surface area contributed by atoms with Crippen molar-refractivity contribution in [3.05, 3.63) is 82.7 Å².